The fourth-order valence-corrected chi connectivity index (χ4v) is 4.14. The van der Waals surface area contributed by atoms with Crippen molar-refractivity contribution < 1.29 is 27.6 Å². The third kappa shape index (κ3) is 4.60. The number of nitrogens with zero attached hydrogens (tertiary/aromatic N) is 1. The number of sulfone groups is 1. The van der Waals surface area contributed by atoms with Gasteiger partial charge in [-0.1, -0.05) is 29.1 Å². The van der Waals surface area contributed by atoms with Crippen molar-refractivity contribution in [2.45, 2.75) is 49.6 Å². The van der Waals surface area contributed by atoms with E-state index in [9.17, 15) is 17.6 Å². The van der Waals surface area contributed by atoms with Crippen molar-refractivity contribution in [2.75, 3.05) is 6.26 Å². The topological polar surface area (TPSA) is 105 Å². The zero-order valence-electron chi connectivity index (χ0n) is 16.2. The molecule has 1 heterocycles. The maximum atomic E-state index is 12.8. The summed E-state index contributed by atoms with van der Waals surface area (Å²) in [6.07, 6.45) is 0.783. The minimum atomic E-state index is -3.81. The molecule has 1 fully saturated rings. The Morgan fingerprint density at radius 2 is 2.03 bits per heavy atom. The molecule has 2 atom stereocenters. The summed E-state index contributed by atoms with van der Waals surface area (Å²) < 4.78 is 35.2. The van der Waals surface area contributed by atoms with Gasteiger partial charge in [-0.3, -0.25) is 10.0 Å². The van der Waals surface area contributed by atoms with Crippen LogP contribution < -0.4 is 5.48 Å². The van der Waals surface area contributed by atoms with E-state index in [-0.39, 0.29) is 12.3 Å². The first-order chi connectivity index (χ1) is 13.6. The first-order valence-electron chi connectivity index (χ1n) is 9.25. The quantitative estimate of drug-likeness (QED) is 0.429. The Bertz CT molecular complexity index is 974. The normalized spacial score (nSPS) is 25.5. The molecule has 9 heteroatoms. The third-order valence-corrected chi connectivity index (χ3v) is 7.46. The van der Waals surface area contributed by atoms with Gasteiger partial charge in [0.15, 0.2) is 14.6 Å². The Kier molecular flexibility index (Phi) is 5.96. The van der Waals surface area contributed by atoms with Crippen LogP contribution in [0.15, 0.2) is 29.4 Å². The summed E-state index contributed by atoms with van der Waals surface area (Å²) in [4.78, 5) is 17.3. The smallest absolute Gasteiger partial charge is 0.264 e. The van der Waals surface area contributed by atoms with E-state index in [1.165, 1.54) is 12.4 Å². The molecule has 0 saturated heterocycles. The monoisotopic (exact) mass is 422 g/mol. The first kappa shape index (κ1) is 21.3. The molecule has 156 valence electrons. The first-order valence-corrected chi connectivity index (χ1v) is 11.1. The number of nitrogens with one attached hydrogen (secondary N) is 1. The highest BCUT2D eigenvalue weighted by atomic mass is 32.2. The minimum Gasteiger partial charge on any atom is -0.392 e. The lowest BCUT2D eigenvalue weighted by atomic mass is 9.84. The van der Waals surface area contributed by atoms with E-state index in [1.54, 1.807) is 0 Å². The summed E-state index contributed by atoms with van der Waals surface area (Å²) in [7, 11) is -3.81. The molecule has 1 aromatic rings. The van der Waals surface area contributed by atoms with E-state index in [1.807, 2.05) is 24.3 Å². The molecule has 1 aliphatic heterocycles. The molecule has 2 aliphatic rings. The van der Waals surface area contributed by atoms with Gasteiger partial charge in [0.25, 0.3) is 5.91 Å². The van der Waals surface area contributed by atoms with Crippen LogP contribution in [0.1, 0.15) is 43.7 Å². The Balaban J connectivity index is 1.63. The van der Waals surface area contributed by atoms with Gasteiger partial charge in [0, 0.05) is 30.6 Å². The van der Waals surface area contributed by atoms with Crippen molar-refractivity contribution in [3.05, 3.63) is 35.4 Å². The highest BCUT2D eigenvalue weighted by molar-refractivity contribution is 7.92. The molecule has 7 nitrogen and oxygen atoms in total. The van der Waals surface area contributed by atoms with Crippen LogP contribution in [0, 0.1) is 17.8 Å². The second-order valence-electron chi connectivity index (χ2n) is 7.73. The molecule has 29 heavy (non-hydrogen) atoms. The number of carbonyl (C=O) groups is 1. The summed E-state index contributed by atoms with van der Waals surface area (Å²) in [6, 6.07) is 7.35. The fourth-order valence-electron chi connectivity index (χ4n) is 3.27. The van der Waals surface area contributed by atoms with Crippen LogP contribution >= 0.6 is 0 Å². The van der Waals surface area contributed by atoms with E-state index in [4.69, 9.17) is 10.0 Å². The summed E-state index contributed by atoms with van der Waals surface area (Å²) >= 11 is 0. The number of hydroxylamine groups is 1. The molecule has 0 bridgehead atoms. The average molecular weight is 422 g/mol. The lowest BCUT2D eigenvalue weighted by Crippen LogP contribution is -2.51. The summed E-state index contributed by atoms with van der Waals surface area (Å²) in [6.45, 7) is 1.25. The highest BCUT2D eigenvalue weighted by Crippen LogP contribution is 2.30. The molecule has 1 aromatic carbocycles. The summed E-state index contributed by atoms with van der Waals surface area (Å²) in [5, 5.41) is 12.9. The molecular formula is C20H23FN2O5S. The van der Waals surface area contributed by atoms with Crippen molar-refractivity contribution in [1.82, 2.24) is 5.48 Å². The van der Waals surface area contributed by atoms with Crippen LogP contribution in [0.5, 0.6) is 0 Å². The van der Waals surface area contributed by atoms with Gasteiger partial charge in [0.2, 0.25) is 0 Å². The van der Waals surface area contributed by atoms with E-state index in [2.05, 4.69) is 17.0 Å². The predicted molar refractivity (Wildman–Crippen MR) is 105 cm³/mol. The van der Waals surface area contributed by atoms with Crippen LogP contribution in [-0.2, 0) is 19.5 Å². The van der Waals surface area contributed by atoms with Gasteiger partial charge >= 0.3 is 0 Å². The lowest BCUT2D eigenvalue weighted by Gasteiger charge is -2.26. The predicted octanol–water partition coefficient (Wildman–Crippen LogP) is 1.98. The molecule has 1 saturated carbocycles. The molecule has 2 unspecified atom stereocenters. The van der Waals surface area contributed by atoms with Gasteiger partial charge in [0.05, 0.1) is 5.71 Å². The van der Waals surface area contributed by atoms with Crippen molar-refractivity contribution >= 4 is 21.5 Å². The number of carbonyl (C=O) groups excluding carboxylic acids is 1. The van der Waals surface area contributed by atoms with E-state index in [0.29, 0.717) is 25.0 Å². The van der Waals surface area contributed by atoms with Gasteiger partial charge in [-0.2, -0.15) is 0 Å². The number of rotatable bonds is 5. The van der Waals surface area contributed by atoms with Crippen molar-refractivity contribution in [2.24, 2.45) is 11.1 Å². The van der Waals surface area contributed by atoms with Crippen LogP contribution in [0.3, 0.4) is 0 Å². The number of hydrogen-bond donors (Lipinski definition) is 2. The van der Waals surface area contributed by atoms with Gasteiger partial charge in [-0.05, 0) is 37.5 Å². The molecule has 0 aromatic heterocycles. The SMILES string of the molecule is CC(CC1CC(c2ccc(C#CC3CC(F)C3)cc2)=NO1)(C(=O)NO)S(C)(=O)=O. The van der Waals surface area contributed by atoms with Gasteiger partial charge in [-0.15, -0.1) is 0 Å². The summed E-state index contributed by atoms with van der Waals surface area (Å²) in [5.41, 5.74) is 3.67. The number of benzene rings is 1. The van der Waals surface area contributed by atoms with E-state index < -0.39 is 32.8 Å². The molecular weight excluding hydrogens is 399 g/mol. The standard InChI is InChI=1S/C20H23FN2O5S/c1-20(19(24)22-25,29(2,26)27)12-17-11-18(23-28-17)15-7-5-13(6-8-15)3-4-14-9-16(21)10-14/h5-8,14,16-17,25H,9-12H2,1-2H3,(H,22,24). The zero-order chi connectivity index (χ0) is 21.2. The Hall–Kier alpha value is -2.44. The maximum Gasteiger partial charge on any atom is 0.264 e. The van der Waals surface area contributed by atoms with Crippen LogP contribution in [0.4, 0.5) is 4.39 Å². The number of alkyl halides is 1. The van der Waals surface area contributed by atoms with Crippen molar-refractivity contribution in [3.8, 4) is 11.8 Å². The fraction of sp³-hybridized carbons (Fsp3) is 0.500. The number of oxime groups is 1. The maximum absolute atomic E-state index is 12.8. The molecule has 0 spiro atoms. The average Bonchev–Trinajstić information content (AvgIpc) is 3.11. The Morgan fingerprint density at radius 1 is 1.38 bits per heavy atom. The Labute approximate surface area is 169 Å². The third-order valence-electron chi connectivity index (χ3n) is 5.47. The minimum absolute atomic E-state index is 0.123. The van der Waals surface area contributed by atoms with E-state index >= 15 is 0 Å². The molecule has 0 radical (unpaired) electrons. The van der Waals surface area contributed by atoms with E-state index in [0.717, 1.165) is 17.4 Å². The second kappa shape index (κ2) is 8.13. The summed E-state index contributed by atoms with van der Waals surface area (Å²) in [5.74, 6) is 5.21. The molecule has 1 aliphatic carbocycles. The second-order valence-corrected chi connectivity index (χ2v) is 10.2. The number of amides is 1. The van der Waals surface area contributed by atoms with Gasteiger partial charge in [0.1, 0.15) is 12.3 Å². The lowest BCUT2D eigenvalue weighted by molar-refractivity contribution is -0.132. The largest absolute Gasteiger partial charge is 0.392 e. The highest BCUT2D eigenvalue weighted by Gasteiger charge is 2.47. The van der Waals surface area contributed by atoms with Crippen LogP contribution in [-0.4, -0.2) is 48.5 Å². The number of halogens is 1. The van der Waals surface area contributed by atoms with Crippen molar-refractivity contribution in [3.63, 3.8) is 0 Å². The van der Waals surface area contributed by atoms with Gasteiger partial charge in [-0.25, -0.2) is 18.3 Å². The number of hydrogen-bond acceptors (Lipinski definition) is 6. The molecule has 2 N–H and O–H groups in total. The Morgan fingerprint density at radius 3 is 2.59 bits per heavy atom. The zero-order valence-corrected chi connectivity index (χ0v) is 17.0. The van der Waals surface area contributed by atoms with Gasteiger partial charge < -0.3 is 4.84 Å². The molecule has 1 amide bonds. The van der Waals surface area contributed by atoms with Crippen LogP contribution in [0.2, 0.25) is 0 Å². The van der Waals surface area contributed by atoms with Crippen molar-refractivity contribution in [1.29, 1.82) is 0 Å². The van der Waals surface area contributed by atoms with Crippen LogP contribution in [0.25, 0.3) is 0 Å². The molecule has 3 rings (SSSR count).